The average molecular weight is 445 g/mol. The molecule has 1 saturated heterocycles. The van der Waals surface area contributed by atoms with Crippen LogP contribution in [-0.2, 0) is 17.6 Å². The lowest BCUT2D eigenvalue weighted by atomic mass is 10.0. The van der Waals surface area contributed by atoms with Crippen molar-refractivity contribution in [1.29, 1.82) is 0 Å². The standard InChI is InChI=1S/C28H32N2O3/c1-2-32-25-12-8-13-26(20-25)33-27-14-7-6-11-23(27)15-16-28(31)30-18-17-29-21-24(30)19-22-9-4-3-5-10-22/h3-14,20,24,29H,2,15-19,21H2,1H3/t24-/m1/s1. The molecule has 3 aromatic rings. The Morgan fingerprint density at radius 3 is 2.64 bits per heavy atom. The molecule has 1 heterocycles. The quantitative estimate of drug-likeness (QED) is 0.512. The Kier molecular flexibility index (Phi) is 7.99. The summed E-state index contributed by atoms with van der Waals surface area (Å²) in [6, 6.07) is 26.2. The van der Waals surface area contributed by atoms with Crippen LogP contribution < -0.4 is 14.8 Å². The third-order valence-electron chi connectivity index (χ3n) is 5.91. The highest BCUT2D eigenvalue weighted by atomic mass is 16.5. The number of carbonyl (C=O) groups is 1. The summed E-state index contributed by atoms with van der Waals surface area (Å²) in [5, 5.41) is 3.44. The maximum Gasteiger partial charge on any atom is 0.223 e. The van der Waals surface area contributed by atoms with Crippen LogP contribution in [0, 0.1) is 0 Å². The molecule has 0 saturated carbocycles. The number of amides is 1. The van der Waals surface area contributed by atoms with Crippen LogP contribution >= 0.6 is 0 Å². The van der Waals surface area contributed by atoms with Gasteiger partial charge in [-0.2, -0.15) is 0 Å². The zero-order valence-electron chi connectivity index (χ0n) is 19.2. The van der Waals surface area contributed by atoms with Gasteiger partial charge in [-0.3, -0.25) is 4.79 Å². The van der Waals surface area contributed by atoms with Gasteiger partial charge in [0.25, 0.3) is 0 Å². The van der Waals surface area contributed by atoms with Crippen LogP contribution in [0.5, 0.6) is 17.2 Å². The number of hydrogen-bond acceptors (Lipinski definition) is 4. The van der Waals surface area contributed by atoms with Crippen LogP contribution in [0.2, 0.25) is 0 Å². The van der Waals surface area contributed by atoms with Gasteiger partial charge in [0.15, 0.2) is 0 Å². The highest BCUT2D eigenvalue weighted by Gasteiger charge is 2.26. The largest absolute Gasteiger partial charge is 0.494 e. The normalized spacial score (nSPS) is 15.8. The molecule has 1 N–H and O–H groups in total. The SMILES string of the molecule is CCOc1cccc(Oc2ccccc2CCC(=O)N2CCNC[C@H]2Cc2ccccc2)c1. The Balaban J connectivity index is 1.40. The van der Waals surface area contributed by atoms with Gasteiger partial charge >= 0.3 is 0 Å². The van der Waals surface area contributed by atoms with Crippen LogP contribution in [0.15, 0.2) is 78.9 Å². The molecule has 3 aromatic carbocycles. The maximum atomic E-state index is 13.2. The summed E-state index contributed by atoms with van der Waals surface area (Å²) in [7, 11) is 0. The van der Waals surface area contributed by atoms with Crippen molar-refractivity contribution in [3.63, 3.8) is 0 Å². The molecule has 0 aromatic heterocycles. The van der Waals surface area contributed by atoms with E-state index in [4.69, 9.17) is 9.47 Å². The molecule has 5 heteroatoms. The van der Waals surface area contributed by atoms with Crippen molar-refractivity contribution in [2.24, 2.45) is 0 Å². The van der Waals surface area contributed by atoms with E-state index in [0.29, 0.717) is 19.4 Å². The second-order valence-electron chi connectivity index (χ2n) is 8.25. The number of ether oxygens (including phenoxy) is 2. The van der Waals surface area contributed by atoms with Gasteiger partial charge in [0.2, 0.25) is 5.91 Å². The van der Waals surface area contributed by atoms with Crippen molar-refractivity contribution >= 4 is 5.91 Å². The summed E-state index contributed by atoms with van der Waals surface area (Å²) in [6.07, 6.45) is 1.97. The number of nitrogens with one attached hydrogen (secondary N) is 1. The molecular weight excluding hydrogens is 412 g/mol. The number of rotatable bonds is 9. The molecule has 1 fully saturated rings. The minimum absolute atomic E-state index is 0.182. The first-order valence-corrected chi connectivity index (χ1v) is 11.8. The predicted molar refractivity (Wildman–Crippen MR) is 131 cm³/mol. The molecule has 0 spiro atoms. The fourth-order valence-electron chi connectivity index (χ4n) is 4.27. The van der Waals surface area contributed by atoms with Crippen LogP contribution in [0.3, 0.4) is 0 Å². The van der Waals surface area contributed by atoms with E-state index in [1.807, 2.05) is 61.5 Å². The Bertz CT molecular complexity index is 1040. The molecule has 0 bridgehead atoms. The number of para-hydroxylation sites is 1. The van der Waals surface area contributed by atoms with Crippen LogP contribution in [0.1, 0.15) is 24.5 Å². The summed E-state index contributed by atoms with van der Waals surface area (Å²) < 4.78 is 11.7. The predicted octanol–water partition coefficient (Wildman–Crippen LogP) is 4.85. The van der Waals surface area contributed by atoms with Crippen LogP contribution in [-0.4, -0.2) is 43.1 Å². The summed E-state index contributed by atoms with van der Waals surface area (Å²) in [5.41, 5.74) is 2.29. The molecule has 4 rings (SSSR count). The summed E-state index contributed by atoms with van der Waals surface area (Å²) >= 11 is 0. The van der Waals surface area contributed by atoms with E-state index in [9.17, 15) is 4.79 Å². The van der Waals surface area contributed by atoms with E-state index in [1.165, 1.54) is 5.56 Å². The van der Waals surface area contributed by atoms with Gasteiger partial charge in [0, 0.05) is 38.2 Å². The number of hydrogen-bond donors (Lipinski definition) is 1. The fourth-order valence-corrected chi connectivity index (χ4v) is 4.27. The first kappa shape index (κ1) is 22.9. The van der Waals surface area contributed by atoms with Gasteiger partial charge in [-0.15, -0.1) is 0 Å². The third kappa shape index (κ3) is 6.36. The van der Waals surface area contributed by atoms with E-state index in [1.54, 1.807) is 0 Å². The lowest BCUT2D eigenvalue weighted by molar-refractivity contribution is -0.134. The summed E-state index contributed by atoms with van der Waals surface area (Å²) in [6.45, 7) is 4.99. The maximum absolute atomic E-state index is 13.2. The minimum Gasteiger partial charge on any atom is -0.494 e. The lowest BCUT2D eigenvalue weighted by Gasteiger charge is -2.36. The van der Waals surface area contributed by atoms with Gasteiger partial charge < -0.3 is 19.7 Å². The van der Waals surface area contributed by atoms with Crippen LogP contribution in [0.25, 0.3) is 0 Å². The van der Waals surface area contributed by atoms with E-state index >= 15 is 0 Å². The molecule has 1 atom stereocenters. The number of benzene rings is 3. The van der Waals surface area contributed by atoms with Gasteiger partial charge in [-0.05, 0) is 49.1 Å². The zero-order chi connectivity index (χ0) is 22.9. The first-order valence-electron chi connectivity index (χ1n) is 11.8. The van der Waals surface area contributed by atoms with Crippen molar-refractivity contribution in [3.05, 3.63) is 90.0 Å². The second kappa shape index (κ2) is 11.5. The van der Waals surface area contributed by atoms with E-state index < -0.39 is 0 Å². The first-order chi connectivity index (χ1) is 16.2. The molecule has 1 aliphatic rings. The van der Waals surface area contributed by atoms with E-state index in [-0.39, 0.29) is 11.9 Å². The molecular formula is C28H32N2O3. The van der Waals surface area contributed by atoms with Gasteiger partial charge in [0.1, 0.15) is 17.2 Å². The fraction of sp³-hybridized carbons (Fsp3) is 0.321. The molecule has 0 aliphatic carbocycles. The molecule has 33 heavy (non-hydrogen) atoms. The third-order valence-corrected chi connectivity index (χ3v) is 5.91. The summed E-state index contributed by atoms with van der Waals surface area (Å²) in [4.78, 5) is 15.3. The Hall–Kier alpha value is -3.31. The smallest absolute Gasteiger partial charge is 0.223 e. The molecule has 5 nitrogen and oxygen atoms in total. The topological polar surface area (TPSA) is 50.8 Å². The Morgan fingerprint density at radius 1 is 1.00 bits per heavy atom. The molecule has 172 valence electrons. The van der Waals surface area contributed by atoms with E-state index in [2.05, 4.69) is 34.5 Å². The molecule has 0 radical (unpaired) electrons. The van der Waals surface area contributed by atoms with Crippen molar-refractivity contribution in [1.82, 2.24) is 10.2 Å². The van der Waals surface area contributed by atoms with Crippen molar-refractivity contribution in [2.75, 3.05) is 26.2 Å². The zero-order valence-corrected chi connectivity index (χ0v) is 19.2. The highest BCUT2D eigenvalue weighted by molar-refractivity contribution is 5.77. The van der Waals surface area contributed by atoms with Crippen molar-refractivity contribution < 1.29 is 14.3 Å². The Morgan fingerprint density at radius 2 is 1.79 bits per heavy atom. The van der Waals surface area contributed by atoms with Crippen molar-refractivity contribution in [3.8, 4) is 17.2 Å². The molecule has 0 unspecified atom stereocenters. The average Bonchev–Trinajstić information content (AvgIpc) is 2.85. The van der Waals surface area contributed by atoms with Gasteiger partial charge in [0.05, 0.1) is 6.61 Å². The molecule has 1 amide bonds. The van der Waals surface area contributed by atoms with Crippen molar-refractivity contribution in [2.45, 2.75) is 32.2 Å². The van der Waals surface area contributed by atoms with Crippen LogP contribution in [0.4, 0.5) is 0 Å². The highest BCUT2D eigenvalue weighted by Crippen LogP contribution is 2.29. The van der Waals surface area contributed by atoms with E-state index in [0.717, 1.165) is 48.9 Å². The number of carbonyl (C=O) groups excluding carboxylic acids is 1. The van der Waals surface area contributed by atoms with Gasteiger partial charge in [-0.1, -0.05) is 54.6 Å². The molecule has 1 aliphatic heterocycles. The Labute approximate surface area is 196 Å². The minimum atomic E-state index is 0.182. The number of nitrogens with zero attached hydrogens (tertiary/aromatic N) is 1. The number of piperazine rings is 1. The second-order valence-corrected chi connectivity index (χ2v) is 8.25. The monoisotopic (exact) mass is 444 g/mol. The van der Waals surface area contributed by atoms with Gasteiger partial charge in [-0.25, -0.2) is 0 Å². The summed E-state index contributed by atoms with van der Waals surface area (Å²) in [5.74, 6) is 2.49. The lowest BCUT2D eigenvalue weighted by Crippen LogP contribution is -2.54. The number of aryl methyl sites for hydroxylation is 1.